The molecule has 0 aromatic heterocycles. The van der Waals surface area contributed by atoms with Crippen LogP contribution in [0.15, 0.2) is 48.2 Å². The largest absolute Gasteiger partial charge is 0.465 e. The van der Waals surface area contributed by atoms with Crippen LogP contribution in [0.1, 0.15) is 58.4 Å². The van der Waals surface area contributed by atoms with Gasteiger partial charge >= 0.3 is 11.9 Å². The van der Waals surface area contributed by atoms with E-state index >= 15 is 0 Å². The van der Waals surface area contributed by atoms with Gasteiger partial charge in [-0.1, -0.05) is 31.4 Å². The zero-order valence-corrected chi connectivity index (χ0v) is 16.7. The molecule has 0 bridgehead atoms. The second-order valence-electron chi connectivity index (χ2n) is 7.47. The van der Waals surface area contributed by atoms with Crippen molar-refractivity contribution in [1.82, 2.24) is 0 Å². The Morgan fingerprint density at radius 3 is 2.47 bits per heavy atom. The molecule has 0 atom stereocenters. The summed E-state index contributed by atoms with van der Waals surface area (Å²) < 4.78 is 15.9. The van der Waals surface area contributed by atoms with Crippen LogP contribution in [0.3, 0.4) is 0 Å². The minimum absolute atomic E-state index is 0.0574. The van der Waals surface area contributed by atoms with Gasteiger partial charge in [0, 0.05) is 6.07 Å². The lowest BCUT2D eigenvalue weighted by Gasteiger charge is -2.19. The Morgan fingerprint density at radius 2 is 1.77 bits per heavy atom. The molecule has 1 heterocycles. The molecule has 1 fully saturated rings. The van der Waals surface area contributed by atoms with Crippen molar-refractivity contribution in [2.24, 2.45) is 5.92 Å². The number of fused-ring (bicyclic) bond motifs is 1. The topological polar surface area (TPSA) is 78.9 Å². The minimum Gasteiger partial charge on any atom is -0.465 e. The van der Waals surface area contributed by atoms with E-state index in [4.69, 9.17) is 9.47 Å². The van der Waals surface area contributed by atoms with Crippen LogP contribution in [-0.4, -0.2) is 24.8 Å². The molecule has 2 aromatic rings. The van der Waals surface area contributed by atoms with E-state index < -0.39 is 5.97 Å². The number of esters is 2. The highest BCUT2D eigenvalue weighted by Gasteiger charge is 2.29. The molecule has 1 aliphatic carbocycles. The standard InChI is InChI=1S/C24H22O6/c1-28-23(26)17-9-7-15(8-10-17)13-21-22(25)19-12-11-18(14-20(19)30-21)29-24(27)16-5-3-2-4-6-16/h7-14,16H,2-6H2,1H3. The molecule has 0 radical (unpaired) electrons. The lowest BCUT2D eigenvalue weighted by molar-refractivity contribution is -0.139. The zero-order valence-electron chi connectivity index (χ0n) is 16.7. The molecule has 0 spiro atoms. The van der Waals surface area contributed by atoms with Gasteiger partial charge in [-0.2, -0.15) is 0 Å². The van der Waals surface area contributed by atoms with Gasteiger partial charge in [0.2, 0.25) is 5.78 Å². The monoisotopic (exact) mass is 406 g/mol. The lowest BCUT2D eigenvalue weighted by Crippen LogP contribution is -2.22. The molecule has 1 saturated carbocycles. The first-order valence-electron chi connectivity index (χ1n) is 10.0. The van der Waals surface area contributed by atoms with Crippen molar-refractivity contribution in [3.05, 3.63) is 64.9 Å². The Kier molecular flexibility index (Phi) is 5.65. The summed E-state index contributed by atoms with van der Waals surface area (Å²) in [4.78, 5) is 36.5. The average molecular weight is 406 g/mol. The first-order valence-corrected chi connectivity index (χ1v) is 10.0. The highest BCUT2D eigenvalue weighted by Crippen LogP contribution is 2.35. The SMILES string of the molecule is COC(=O)c1ccc(C=C2Oc3cc(OC(=O)C4CCCCC4)ccc3C2=O)cc1. The van der Waals surface area contributed by atoms with Crippen LogP contribution in [0.2, 0.25) is 0 Å². The Balaban J connectivity index is 1.48. The van der Waals surface area contributed by atoms with E-state index in [9.17, 15) is 14.4 Å². The molecule has 0 saturated heterocycles. The predicted octanol–water partition coefficient (Wildman–Crippen LogP) is 4.58. The van der Waals surface area contributed by atoms with Gasteiger partial charge < -0.3 is 14.2 Å². The first-order chi connectivity index (χ1) is 14.5. The third kappa shape index (κ3) is 4.13. The van der Waals surface area contributed by atoms with Crippen LogP contribution >= 0.6 is 0 Å². The number of ether oxygens (including phenoxy) is 3. The second kappa shape index (κ2) is 8.53. The normalized spacial score (nSPS) is 17.4. The zero-order chi connectivity index (χ0) is 21.1. The first kappa shape index (κ1) is 19.9. The molecule has 0 N–H and O–H groups in total. The fourth-order valence-electron chi connectivity index (χ4n) is 3.75. The van der Waals surface area contributed by atoms with Gasteiger partial charge in [0.05, 0.1) is 24.2 Å². The number of hydrogen-bond acceptors (Lipinski definition) is 6. The maximum atomic E-state index is 12.6. The van der Waals surface area contributed by atoms with Crippen molar-refractivity contribution in [1.29, 1.82) is 0 Å². The molecule has 1 aliphatic heterocycles. The maximum absolute atomic E-state index is 12.6. The fourth-order valence-corrected chi connectivity index (χ4v) is 3.75. The van der Waals surface area contributed by atoms with E-state index in [0.29, 0.717) is 28.2 Å². The number of ketones is 1. The van der Waals surface area contributed by atoms with Crippen LogP contribution in [0.5, 0.6) is 11.5 Å². The fraction of sp³-hybridized carbons (Fsp3) is 0.292. The summed E-state index contributed by atoms with van der Waals surface area (Å²) in [6.45, 7) is 0. The molecule has 0 unspecified atom stereocenters. The van der Waals surface area contributed by atoms with E-state index in [-0.39, 0.29) is 23.4 Å². The molecule has 6 nitrogen and oxygen atoms in total. The Bertz CT molecular complexity index is 1010. The Morgan fingerprint density at radius 1 is 1.03 bits per heavy atom. The number of hydrogen-bond donors (Lipinski definition) is 0. The number of carbonyl (C=O) groups excluding carboxylic acids is 3. The van der Waals surface area contributed by atoms with Crippen LogP contribution in [0.4, 0.5) is 0 Å². The highest BCUT2D eigenvalue weighted by atomic mass is 16.5. The van der Waals surface area contributed by atoms with Crippen molar-refractivity contribution in [2.45, 2.75) is 32.1 Å². The van der Waals surface area contributed by atoms with E-state index in [0.717, 1.165) is 25.7 Å². The van der Waals surface area contributed by atoms with Gasteiger partial charge in [0.25, 0.3) is 0 Å². The third-order valence-electron chi connectivity index (χ3n) is 5.43. The minimum atomic E-state index is -0.426. The Labute approximate surface area is 174 Å². The third-order valence-corrected chi connectivity index (χ3v) is 5.43. The van der Waals surface area contributed by atoms with Gasteiger partial charge in [0.15, 0.2) is 5.76 Å². The number of rotatable bonds is 4. The number of carbonyl (C=O) groups is 3. The average Bonchev–Trinajstić information content (AvgIpc) is 3.08. The number of allylic oxidation sites excluding steroid dienone is 1. The molecule has 4 rings (SSSR count). The van der Waals surface area contributed by atoms with Gasteiger partial charge in [-0.3, -0.25) is 9.59 Å². The molecule has 6 heteroatoms. The summed E-state index contributed by atoms with van der Waals surface area (Å²) in [6.07, 6.45) is 6.60. The lowest BCUT2D eigenvalue weighted by atomic mass is 9.89. The number of methoxy groups -OCH3 is 1. The van der Waals surface area contributed by atoms with Gasteiger partial charge in [-0.05, 0) is 48.7 Å². The summed E-state index contributed by atoms with van der Waals surface area (Å²) in [7, 11) is 1.32. The maximum Gasteiger partial charge on any atom is 0.337 e. The highest BCUT2D eigenvalue weighted by molar-refractivity contribution is 6.14. The van der Waals surface area contributed by atoms with Crippen molar-refractivity contribution < 1.29 is 28.6 Å². The van der Waals surface area contributed by atoms with Gasteiger partial charge in [-0.15, -0.1) is 0 Å². The number of Topliss-reactive ketones (excluding diaryl/α,β-unsaturated/α-hetero) is 1. The molecule has 154 valence electrons. The van der Waals surface area contributed by atoms with Crippen LogP contribution in [0.25, 0.3) is 6.08 Å². The van der Waals surface area contributed by atoms with Crippen molar-refractivity contribution in [3.63, 3.8) is 0 Å². The van der Waals surface area contributed by atoms with E-state index in [1.807, 2.05) is 0 Å². The Hall–Kier alpha value is -3.41. The van der Waals surface area contributed by atoms with Crippen LogP contribution < -0.4 is 9.47 Å². The van der Waals surface area contributed by atoms with E-state index in [1.54, 1.807) is 48.5 Å². The second-order valence-corrected chi connectivity index (χ2v) is 7.47. The number of benzene rings is 2. The van der Waals surface area contributed by atoms with Crippen LogP contribution in [0, 0.1) is 5.92 Å². The van der Waals surface area contributed by atoms with Crippen LogP contribution in [-0.2, 0) is 9.53 Å². The summed E-state index contributed by atoms with van der Waals surface area (Å²) >= 11 is 0. The summed E-state index contributed by atoms with van der Waals surface area (Å²) in [5, 5.41) is 0. The van der Waals surface area contributed by atoms with Gasteiger partial charge in [0.1, 0.15) is 11.5 Å². The summed E-state index contributed by atoms with van der Waals surface area (Å²) in [5.74, 6) is -0.0329. The summed E-state index contributed by atoms with van der Waals surface area (Å²) in [6, 6.07) is 11.5. The quantitative estimate of drug-likeness (QED) is 0.420. The predicted molar refractivity (Wildman–Crippen MR) is 109 cm³/mol. The smallest absolute Gasteiger partial charge is 0.337 e. The molecule has 30 heavy (non-hydrogen) atoms. The van der Waals surface area contributed by atoms with Crippen molar-refractivity contribution in [2.75, 3.05) is 7.11 Å². The van der Waals surface area contributed by atoms with Gasteiger partial charge in [-0.25, -0.2) is 4.79 Å². The van der Waals surface area contributed by atoms with E-state index in [1.165, 1.54) is 13.5 Å². The molecular formula is C24H22O6. The van der Waals surface area contributed by atoms with Crippen molar-refractivity contribution in [3.8, 4) is 11.5 Å². The molecule has 0 amide bonds. The van der Waals surface area contributed by atoms with E-state index in [2.05, 4.69) is 4.74 Å². The molecule has 2 aliphatic rings. The molecular weight excluding hydrogens is 384 g/mol. The summed E-state index contributed by atoms with van der Waals surface area (Å²) in [5.41, 5.74) is 1.55. The van der Waals surface area contributed by atoms with Crippen molar-refractivity contribution >= 4 is 23.8 Å². The molecule has 2 aromatic carbocycles.